The monoisotopic (exact) mass is 454 g/mol. The van der Waals surface area contributed by atoms with Crippen LogP contribution in [-0.4, -0.2) is 26.2 Å². The Morgan fingerprint density at radius 1 is 0.344 bits per heavy atom. The van der Waals surface area contributed by atoms with E-state index in [0.29, 0.717) is 12.8 Å². The van der Waals surface area contributed by atoms with Crippen molar-refractivity contribution in [3.8, 4) is 0 Å². The van der Waals surface area contributed by atoms with Gasteiger partial charge in [0.25, 0.3) is 0 Å². The molecule has 32 heavy (non-hydrogen) atoms. The molecule has 0 N–H and O–H groups in total. The third-order valence-electron chi connectivity index (χ3n) is 6.47. The third-order valence-corrected chi connectivity index (χ3v) is 6.47. The van der Waals surface area contributed by atoms with Crippen molar-refractivity contribution in [2.24, 2.45) is 0 Å². The zero-order valence-electron chi connectivity index (χ0n) is 21.6. The van der Waals surface area contributed by atoms with Crippen molar-refractivity contribution in [2.45, 2.75) is 154 Å². The molecule has 4 heteroatoms. The molecule has 0 atom stereocenters. The molecule has 0 radical (unpaired) electrons. The molecule has 0 bridgehead atoms. The van der Waals surface area contributed by atoms with E-state index in [0.717, 1.165) is 25.7 Å². The van der Waals surface area contributed by atoms with Crippen LogP contribution in [0.2, 0.25) is 0 Å². The molecule has 0 aliphatic rings. The van der Waals surface area contributed by atoms with Crippen molar-refractivity contribution < 1.29 is 19.1 Å². The molecule has 4 nitrogen and oxygen atoms in total. The number of carbonyl (C=O) groups excluding carboxylic acids is 2. The van der Waals surface area contributed by atoms with Gasteiger partial charge in [0.15, 0.2) is 0 Å². The number of esters is 2. The van der Waals surface area contributed by atoms with Gasteiger partial charge >= 0.3 is 11.9 Å². The first kappa shape index (κ1) is 30.9. The zero-order chi connectivity index (χ0) is 23.5. The van der Waals surface area contributed by atoms with Gasteiger partial charge in [-0.25, -0.2) is 0 Å². The summed E-state index contributed by atoms with van der Waals surface area (Å²) >= 11 is 0. The Morgan fingerprint density at radius 3 is 0.656 bits per heavy atom. The van der Waals surface area contributed by atoms with E-state index in [1.54, 1.807) is 0 Å². The number of hydrogen-bond donors (Lipinski definition) is 0. The van der Waals surface area contributed by atoms with E-state index < -0.39 is 0 Å². The summed E-state index contributed by atoms with van der Waals surface area (Å²) in [6.07, 6.45) is 30.2. The molecule has 0 saturated carbocycles. The fraction of sp³-hybridized carbons (Fsp3) is 0.929. The standard InChI is InChI=1S/C28H54O4/c1-31-27(29)25-23-21-19-17-15-13-11-9-7-5-3-4-6-8-10-12-14-16-18-20-22-24-26-28(30)32-2/h3-26H2,1-2H3. The van der Waals surface area contributed by atoms with Gasteiger partial charge in [-0.05, 0) is 12.8 Å². The van der Waals surface area contributed by atoms with Crippen LogP contribution in [0.3, 0.4) is 0 Å². The molecule has 0 aromatic rings. The average Bonchev–Trinajstić information content (AvgIpc) is 2.81. The minimum Gasteiger partial charge on any atom is -0.469 e. The Labute approximate surface area is 199 Å². The van der Waals surface area contributed by atoms with Crippen molar-refractivity contribution in [3.63, 3.8) is 0 Å². The molecule has 0 aromatic carbocycles. The molecule has 0 unspecified atom stereocenters. The van der Waals surface area contributed by atoms with Crippen molar-refractivity contribution >= 4 is 11.9 Å². The number of carbonyl (C=O) groups is 2. The van der Waals surface area contributed by atoms with E-state index in [4.69, 9.17) is 0 Å². The Morgan fingerprint density at radius 2 is 0.500 bits per heavy atom. The lowest BCUT2D eigenvalue weighted by atomic mass is 10.0. The van der Waals surface area contributed by atoms with Gasteiger partial charge in [0, 0.05) is 12.8 Å². The summed E-state index contributed by atoms with van der Waals surface area (Å²) in [7, 11) is 2.93. The van der Waals surface area contributed by atoms with Crippen LogP contribution in [0.25, 0.3) is 0 Å². The molecule has 0 aromatic heterocycles. The molecule has 190 valence electrons. The lowest BCUT2D eigenvalue weighted by Crippen LogP contribution is -1.99. The highest BCUT2D eigenvalue weighted by molar-refractivity contribution is 5.69. The van der Waals surface area contributed by atoms with Crippen LogP contribution in [0.1, 0.15) is 154 Å². The van der Waals surface area contributed by atoms with Gasteiger partial charge in [-0.2, -0.15) is 0 Å². The quantitative estimate of drug-likeness (QED) is 0.102. The summed E-state index contributed by atoms with van der Waals surface area (Å²) in [4.78, 5) is 22.0. The van der Waals surface area contributed by atoms with Crippen molar-refractivity contribution in [2.75, 3.05) is 14.2 Å². The molecule has 0 saturated heterocycles. The topological polar surface area (TPSA) is 52.6 Å². The highest BCUT2D eigenvalue weighted by atomic mass is 16.5. The number of rotatable bonds is 25. The maximum Gasteiger partial charge on any atom is 0.305 e. The molecule has 0 heterocycles. The van der Waals surface area contributed by atoms with Crippen molar-refractivity contribution in [1.29, 1.82) is 0 Å². The SMILES string of the molecule is COC(=O)CCCCCCCCCCCCCCCCCCCCCCCCC(=O)OC. The summed E-state index contributed by atoms with van der Waals surface area (Å²) < 4.78 is 9.32. The van der Waals surface area contributed by atoms with Crippen LogP contribution in [-0.2, 0) is 19.1 Å². The van der Waals surface area contributed by atoms with Crippen LogP contribution in [0, 0.1) is 0 Å². The Kier molecular flexibility index (Phi) is 25.3. The fourth-order valence-electron chi connectivity index (χ4n) is 4.28. The lowest BCUT2D eigenvalue weighted by molar-refractivity contribution is -0.141. The molecular formula is C28H54O4. The number of methoxy groups -OCH3 is 2. The first-order chi connectivity index (χ1) is 15.7. The second-order valence-electron chi connectivity index (χ2n) is 9.43. The van der Waals surface area contributed by atoms with Crippen LogP contribution in [0.5, 0.6) is 0 Å². The van der Waals surface area contributed by atoms with Gasteiger partial charge in [-0.1, -0.05) is 128 Å². The molecule has 0 aliphatic carbocycles. The summed E-state index contributed by atoms with van der Waals surface area (Å²) in [5, 5.41) is 0. The predicted molar refractivity (Wildman–Crippen MR) is 135 cm³/mol. The van der Waals surface area contributed by atoms with Gasteiger partial charge in [0.05, 0.1) is 14.2 Å². The van der Waals surface area contributed by atoms with Gasteiger partial charge < -0.3 is 9.47 Å². The van der Waals surface area contributed by atoms with E-state index in [2.05, 4.69) is 9.47 Å². The summed E-state index contributed by atoms with van der Waals surface area (Å²) in [5.41, 5.74) is 0. The summed E-state index contributed by atoms with van der Waals surface area (Å²) in [5.74, 6) is -0.143. The summed E-state index contributed by atoms with van der Waals surface area (Å²) in [6.45, 7) is 0. The fourth-order valence-corrected chi connectivity index (χ4v) is 4.28. The van der Waals surface area contributed by atoms with Gasteiger partial charge in [0.1, 0.15) is 0 Å². The molecular weight excluding hydrogens is 400 g/mol. The maximum absolute atomic E-state index is 11.0. The number of ether oxygens (including phenoxy) is 2. The summed E-state index contributed by atoms with van der Waals surface area (Å²) in [6, 6.07) is 0. The van der Waals surface area contributed by atoms with E-state index in [-0.39, 0.29) is 11.9 Å². The van der Waals surface area contributed by atoms with Gasteiger partial charge in [0.2, 0.25) is 0 Å². The van der Waals surface area contributed by atoms with E-state index >= 15 is 0 Å². The predicted octanol–water partition coefficient (Wildman–Crippen LogP) is 8.69. The minimum atomic E-state index is -0.0713. The van der Waals surface area contributed by atoms with Crippen LogP contribution < -0.4 is 0 Å². The molecule has 0 spiro atoms. The maximum atomic E-state index is 11.0. The second-order valence-corrected chi connectivity index (χ2v) is 9.43. The van der Waals surface area contributed by atoms with E-state index in [9.17, 15) is 9.59 Å². The number of hydrogen-bond acceptors (Lipinski definition) is 4. The highest BCUT2D eigenvalue weighted by Crippen LogP contribution is 2.15. The van der Waals surface area contributed by atoms with Crippen LogP contribution in [0.15, 0.2) is 0 Å². The second kappa shape index (κ2) is 26.2. The molecule has 0 fully saturated rings. The van der Waals surface area contributed by atoms with E-state index in [1.807, 2.05) is 0 Å². The molecule has 0 aliphatic heterocycles. The Balaban J connectivity index is 3.05. The zero-order valence-corrected chi connectivity index (χ0v) is 21.6. The van der Waals surface area contributed by atoms with E-state index in [1.165, 1.54) is 130 Å². The van der Waals surface area contributed by atoms with Gasteiger partial charge in [-0.3, -0.25) is 9.59 Å². The van der Waals surface area contributed by atoms with Crippen molar-refractivity contribution in [1.82, 2.24) is 0 Å². The molecule has 0 rings (SSSR count). The first-order valence-corrected chi connectivity index (χ1v) is 13.8. The largest absolute Gasteiger partial charge is 0.469 e. The smallest absolute Gasteiger partial charge is 0.305 e. The van der Waals surface area contributed by atoms with Crippen molar-refractivity contribution in [3.05, 3.63) is 0 Å². The third kappa shape index (κ3) is 25.2. The average molecular weight is 455 g/mol. The number of unbranched alkanes of at least 4 members (excludes halogenated alkanes) is 21. The Hall–Kier alpha value is -1.06. The molecule has 0 amide bonds. The lowest BCUT2D eigenvalue weighted by Gasteiger charge is -2.04. The normalized spacial score (nSPS) is 10.9. The highest BCUT2D eigenvalue weighted by Gasteiger charge is 2.00. The van der Waals surface area contributed by atoms with Crippen LogP contribution >= 0.6 is 0 Å². The first-order valence-electron chi connectivity index (χ1n) is 13.8. The van der Waals surface area contributed by atoms with Crippen LogP contribution in [0.4, 0.5) is 0 Å². The Bertz CT molecular complexity index is 370. The minimum absolute atomic E-state index is 0.0713. The van der Waals surface area contributed by atoms with Gasteiger partial charge in [-0.15, -0.1) is 0 Å².